The van der Waals surface area contributed by atoms with Crippen molar-refractivity contribution < 1.29 is 9.53 Å². The lowest BCUT2D eigenvalue weighted by Crippen LogP contribution is -2.14. The number of thiophene rings is 1. The summed E-state index contributed by atoms with van der Waals surface area (Å²) in [5.41, 5.74) is 3.65. The number of rotatable bonds is 6. The van der Waals surface area contributed by atoms with Crippen LogP contribution in [0.4, 0.5) is 10.7 Å². The van der Waals surface area contributed by atoms with E-state index in [1.165, 1.54) is 16.9 Å². The molecule has 1 N–H and O–H groups in total. The predicted octanol–water partition coefficient (Wildman–Crippen LogP) is 6.03. The fraction of sp³-hybridized carbons (Fsp3) is 0.250. The van der Waals surface area contributed by atoms with E-state index in [-0.39, 0.29) is 5.91 Å². The van der Waals surface area contributed by atoms with Crippen LogP contribution in [0.25, 0.3) is 0 Å². The van der Waals surface area contributed by atoms with Crippen molar-refractivity contribution in [2.45, 2.75) is 32.6 Å². The topological polar surface area (TPSA) is 50.7 Å². The number of hydrogen-bond donors (Lipinski definition) is 1. The Kier molecular flexibility index (Phi) is 6.06. The van der Waals surface area contributed by atoms with Gasteiger partial charge in [0.05, 0.1) is 12.2 Å². The van der Waals surface area contributed by atoms with Gasteiger partial charge < -0.3 is 10.1 Å². The van der Waals surface area contributed by atoms with Gasteiger partial charge in [0.1, 0.15) is 10.8 Å². The van der Waals surface area contributed by atoms with Gasteiger partial charge in [0.2, 0.25) is 0 Å². The standard InChI is InChI=1S/C24H24N2O2S/c1-2-28-19-12-8-9-17(15-19)16-25-24-22(20-13-6-7-14-21(20)29-24)23(27)26-18-10-4-3-5-11-18/h3-5,8-12,15-16H,2,6-7,13-14H2,1H3,(H,26,27). The Morgan fingerprint density at radius 3 is 2.79 bits per heavy atom. The van der Waals surface area contributed by atoms with Crippen LogP contribution >= 0.6 is 11.3 Å². The first-order valence-corrected chi connectivity index (χ1v) is 10.8. The van der Waals surface area contributed by atoms with Crippen molar-refractivity contribution >= 4 is 34.1 Å². The van der Waals surface area contributed by atoms with Crippen LogP contribution in [-0.4, -0.2) is 18.7 Å². The average molecular weight is 405 g/mol. The van der Waals surface area contributed by atoms with Crippen molar-refractivity contribution in [2.75, 3.05) is 11.9 Å². The molecule has 1 heterocycles. The van der Waals surface area contributed by atoms with E-state index >= 15 is 0 Å². The highest BCUT2D eigenvalue weighted by Crippen LogP contribution is 2.40. The number of aliphatic imine (C=N–C) groups is 1. The number of benzene rings is 2. The minimum absolute atomic E-state index is 0.0779. The van der Waals surface area contributed by atoms with E-state index < -0.39 is 0 Å². The fourth-order valence-corrected chi connectivity index (χ4v) is 4.81. The smallest absolute Gasteiger partial charge is 0.259 e. The minimum Gasteiger partial charge on any atom is -0.494 e. The number of aryl methyl sites for hydroxylation is 1. The first-order valence-electron chi connectivity index (χ1n) is 10.0. The molecule has 0 saturated carbocycles. The zero-order valence-electron chi connectivity index (χ0n) is 16.5. The summed E-state index contributed by atoms with van der Waals surface area (Å²) in [5.74, 6) is 0.745. The third-order valence-electron chi connectivity index (χ3n) is 4.91. The number of nitrogens with zero attached hydrogens (tertiary/aromatic N) is 1. The molecule has 29 heavy (non-hydrogen) atoms. The highest BCUT2D eigenvalue weighted by atomic mass is 32.1. The Labute approximate surface area is 175 Å². The van der Waals surface area contributed by atoms with Crippen LogP contribution in [0.5, 0.6) is 5.75 Å². The number of anilines is 1. The number of carbonyl (C=O) groups is 1. The molecule has 5 heteroatoms. The van der Waals surface area contributed by atoms with Crippen molar-refractivity contribution in [3.8, 4) is 5.75 Å². The first-order chi connectivity index (χ1) is 14.2. The van der Waals surface area contributed by atoms with Crippen molar-refractivity contribution in [3.63, 3.8) is 0 Å². The molecular formula is C24H24N2O2S. The van der Waals surface area contributed by atoms with E-state index in [0.717, 1.165) is 46.8 Å². The zero-order chi connectivity index (χ0) is 20.1. The van der Waals surface area contributed by atoms with E-state index in [0.29, 0.717) is 6.61 Å². The number of hydrogen-bond acceptors (Lipinski definition) is 4. The van der Waals surface area contributed by atoms with E-state index in [4.69, 9.17) is 9.73 Å². The summed E-state index contributed by atoms with van der Waals surface area (Å²) in [4.78, 5) is 19.1. The van der Waals surface area contributed by atoms with Gasteiger partial charge in [-0.05, 0) is 68.0 Å². The van der Waals surface area contributed by atoms with Gasteiger partial charge in [-0.15, -0.1) is 11.3 Å². The van der Waals surface area contributed by atoms with E-state index in [9.17, 15) is 4.79 Å². The van der Waals surface area contributed by atoms with Gasteiger partial charge in [-0.25, -0.2) is 4.99 Å². The van der Waals surface area contributed by atoms with Crippen LogP contribution in [0.2, 0.25) is 0 Å². The maximum atomic E-state index is 13.1. The third-order valence-corrected chi connectivity index (χ3v) is 6.11. The summed E-state index contributed by atoms with van der Waals surface area (Å²) in [6, 6.07) is 17.4. The normalized spacial score (nSPS) is 13.3. The molecule has 0 bridgehead atoms. The van der Waals surface area contributed by atoms with Crippen LogP contribution in [0.1, 0.15) is 46.1 Å². The lowest BCUT2D eigenvalue weighted by atomic mass is 9.95. The molecule has 1 aliphatic rings. The van der Waals surface area contributed by atoms with Crippen LogP contribution in [-0.2, 0) is 12.8 Å². The van der Waals surface area contributed by atoms with Gasteiger partial charge in [0, 0.05) is 16.8 Å². The highest BCUT2D eigenvalue weighted by molar-refractivity contribution is 7.16. The highest BCUT2D eigenvalue weighted by Gasteiger charge is 2.25. The van der Waals surface area contributed by atoms with Crippen LogP contribution < -0.4 is 10.1 Å². The first kappa shape index (κ1) is 19.4. The maximum absolute atomic E-state index is 13.1. The number of nitrogens with one attached hydrogen (secondary N) is 1. The molecule has 0 saturated heterocycles. The van der Waals surface area contributed by atoms with E-state index in [1.807, 2.05) is 67.7 Å². The number of fused-ring (bicyclic) bond motifs is 1. The van der Waals surface area contributed by atoms with Crippen LogP contribution in [0, 0.1) is 0 Å². The molecule has 4 rings (SSSR count). The lowest BCUT2D eigenvalue weighted by Gasteiger charge is -2.12. The molecule has 0 aliphatic heterocycles. The molecule has 4 nitrogen and oxygen atoms in total. The third kappa shape index (κ3) is 4.57. The molecular weight excluding hydrogens is 380 g/mol. The van der Waals surface area contributed by atoms with E-state index in [1.54, 1.807) is 11.3 Å². The molecule has 0 atom stereocenters. The Hall–Kier alpha value is -2.92. The molecule has 0 spiro atoms. The minimum atomic E-state index is -0.0779. The number of ether oxygens (including phenoxy) is 1. The van der Waals surface area contributed by atoms with Gasteiger partial charge in [-0.3, -0.25) is 4.79 Å². The van der Waals surface area contributed by atoms with Crippen molar-refractivity contribution in [3.05, 3.63) is 76.2 Å². The second kappa shape index (κ2) is 9.05. The predicted molar refractivity (Wildman–Crippen MR) is 120 cm³/mol. The molecule has 148 valence electrons. The van der Waals surface area contributed by atoms with Crippen LogP contribution in [0.3, 0.4) is 0 Å². The van der Waals surface area contributed by atoms with Gasteiger partial charge in [-0.1, -0.05) is 30.3 Å². The largest absolute Gasteiger partial charge is 0.494 e. The lowest BCUT2D eigenvalue weighted by molar-refractivity contribution is 0.102. The van der Waals surface area contributed by atoms with Gasteiger partial charge >= 0.3 is 0 Å². The quantitative estimate of drug-likeness (QED) is 0.510. The Bertz CT molecular complexity index is 1020. The summed E-state index contributed by atoms with van der Waals surface area (Å²) in [6.07, 6.45) is 6.08. The second-order valence-corrected chi connectivity index (χ2v) is 8.06. The number of amides is 1. The maximum Gasteiger partial charge on any atom is 0.259 e. The zero-order valence-corrected chi connectivity index (χ0v) is 17.3. The number of carbonyl (C=O) groups excluding carboxylic acids is 1. The monoisotopic (exact) mass is 404 g/mol. The van der Waals surface area contributed by atoms with Gasteiger partial charge in [0.25, 0.3) is 5.91 Å². The van der Waals surface area contributed by atoms with Gasteiger partial charge in [0.15, 0.2) is 0 Å². The summed E-state index contributed by atoms with van der Waals surface area (Å²) in [7, 11) is 0. The van der Waals surface area contributed by atoms with Crippen molar-refractivity contribution in [2.24, 2.45) is 4.99 Å². The van der Waals surface area contributed by atoms with Gasteiger partial charge in [-0.2, -0.15) is 0 Å². The average Bonchev–Trinajstić information content (AvgIpc) is 3.12. The van der Waals surface area contributed by atoms with E-state index in [2.05, 4.69) is 5.32 Å². The van der Waals surface area contributed by atoms with Crippen molar-refractivity contribution in [1.29, 1.82) is 0 Å². The van der Waals surface area contributed by atoms with Crippen molar-refractivity contribution in [1.82, 2.24) is 0 Å². The molecule has 3 aromatic rings. The second-order valence-electron chi connectivity index (χ2n) is 6.97. The molecule has 1 aliphatic carbocycles. The Morgan fingerprint density at radius 1 is 1.14 bits per heavy atom. The molecule has 0 radical (unpaired) electrons. The summed E-state index contributed by atoms with van der Waals surface area (Å²) >= 11 is 1.64. The number of para-hydroxylation sites is 1. The van der Waals surface area contributed by atoms with Crippen LogP contribution in [0.15, 0.2) is 59.6 Å². The Morgan fingerprint density at radius 2 is 1.97 bits per heavy atom. The summed E-state index contributed by atoms with van der Waals surface area (Å²) in [5, 5.41) is 3.82. The SMILES string of the molecule is CCOc1cccc(C=Nc2sc3c(c2C(=O)Nc2ccccc2)CCCC3)c1. The molecule has 1 aromatic heterocycles. The Balaban J connectivity index is 1.65. The summed E-state index contributed by atoms with van der Waals surface area (Å²) < 4.78 is 5.57. The molecule has 0 fully saturated rings. The summed E-state index contributed by atoms with van der Waals surface area (Å²) in [6.45, 7) is 2.59. The fourth-order valence-electron chi connectivity index (χ4n) is 3.58. The molecule has 1 amide bonds. The molecule has 2 aromatic carbocycles. The molecule has 0 unspecified atom stereocenters.